The van der Waals surface area contributed by atoms with Gasteiger partial charge in [-0.1, -0.05) is 25.5 Å². The summed E-state index contributed by atoms with van der Waals surface area (Å²) >= 11 is 0. The van der Waals surface area contributed by atoms with Crippen LogP contribution in [0.2, 0.25) is 0 Å². The largest absolute Gasteiger partial charge is 0.297 e. The third-order valence-corrected chi connectivity index (χ3v) is 5.05. The van der Waals surface area contributed by atoms with Crippen LogP contribution in [0.4, 0.5) is 8.78 Å². The Kier molecular flexibility index (Phi) is 4.99. The molecule has 0 saturated heterocycles. The highest BCUT2D eigenvalue weighted by Gasteiger charge is 2.37. The Morgan fingerprint density at radius 1 is 1.19 bits per heavy atom. The summed E-state index contributed by atoms with van der Waals surface area (Å²) in [5.41, 5.74) is 1.06. The zero-order chi connectivity index (χ0) is 15.5. The van der Waals surface area contributed by atoms with Crippen molar-refractivity contribution >= 4 is 10.1 Å². The molecule has 0 radical (unpaired) electrons. The molecule has 1 fully saturated rings. The Morgan fingerprint density at radius 3 is 2.29 bits per heavy atom. The lowest BCUT2D eigenvalue weighted by Gasteiger charge is -2.27. The van der Waals surface area contributed by atoms with Gasteiger partial charge in [0.1, 0.15) is 0 Å². The molecule has 1 aliphatic rings. The molecule has 0 atom stereocenters. The van der Waals surface area contributed by atoms with Gasteiger partial charge in [0.05, 0.1) is 11.0 Å². The van der Waals surface area contributed by atoms with Crippen LogP contribution in [0.5, 0.6) is 0 Å². The van der Waals surface area contributed by atoms with Gasteiger partial charge < -0.3 is 0 Å². The Morgan fingerprint density at radius 2 is 1.76 bits per heavy atom. The van der Waals surface area contributed by atoms with Crippen molar-refractivity contribution in [1.29, 1.82) is 0 Å². The summed E-state index contributed by atoms with van der Waals surface area (Å²) in [6.07, 6.45) is 0.730. The van der Waals surface area contributed by atoms with E-state index in [0.717, 1.165) is 18.4 Å². The summed E-state index contributed by atoms with van der Waals surface area (Å²) in [4.78, 5) is 0.0830. The van der Waals surface area contributed by atoms with E-state index in [4.69, 9.17) is 4.18 Å². The van der Waals surface area contributed by atoms with Crippen LogP contribution in [0.1, 0.15) is 44.6 Å². The number of benzene rings is 1. The average molecular weight is 318 g/mol. The first-order valence-corrected chi connectivity index (χ1v) is 8.63. The van der Waals surface area contributed by atoms with Crippen molar-refractivity contribution in [3.63, 3.8) is 0 Å². The highest BCUT2D eigenvalue weighted by Crippen LogP contribution is 2.35. The molecule has 21 heavy (non-hydrogen) atoms. The van der Waals surface area contributed by atoms with E-state index in [0.29, 0.717) is 0 Å². The second-order valence-electron chi connectivity index (χ2n) is 5.50. The van der Waals surface area contributed by atoms with Crippen molar-refractivity contribution in [2.24, 2.45) is 0 Å². The van der Waals surface area contributed by atoms with E-state index >= 15 is 0 Å². The van der Waals surface area contributed by atoms with Gasteiger partial charge >= 0.3 is 0 Å². The maximum Gasteiger partial charge on any atom is 0.297 e. The van der Waals surface area contributed by atoms with Gasteiger partial charge in [0.25, 0.3) is 10.1 Å². The van der Waals surface area contributed by atoms with Crippen LogP contribution in [0.3, 0.4) is 0 Å². The number of hydrogen-bond donors (Lipinski definition) is 0. The van der Waals surface area contributed by atoms with E-state index in [1.165, 1.54) is 12.1 Å². The maximum absolute atomic E-state index is 13.0. The lowest BCUT2D eigenvalue weighted by Crippen LogP contribution is -2.30. The summed E-state index contributed by atoms with van der Waals surface area (Å²) in [5.74, 6) is -2.69. The van der Waals surface area contributed by atoms with Crippen LogP contribution in [0.15, 0.2) is 29.2 Å². The molecule has 0 spiro atoms. The monoisotopic (exact) mass is 318 g/mol. The minimum atomic E-state index is -3.87. The lowest BCUT2D eigenvalue weighted by atomic mass is 9.94. The number of halogens is 2. The van der Waals surface area contributed by atoms with Crippen LogP contribution in [0.25, 0.3) is 0 Å². The second-order valence-corrected chi connectivity index (χ2v) is 7.07. The average Bonchev–Trinajstić information content (AvgIpc) is 2.42. The summed E-state index contributed by atoms with van der Waals surface area (Å²) in [6, 6.07) is 6.54. The van der Waals surface area contributed by atoms with Crippen molar-refractivity contribution in [2.45, 2.75) is 62.4 Å². The molecule has 1 saturated carbocycles. The molecule has 0 N–H and O–H groups in total. The molecule has 0 bridgehead atoms. The molecule has 0 aliphatic heterocycles. The molecule has 0 unspecified atom stereocenters. The first-order valence-electron chi connectivity index (χ1n) is 7.22. The van der Waals surface area contributed by atoms with Crippen LogP contribution in [-0.4, -0.2) is 20.4 Å². The number of hydrogen-bond acceptors (Lipinski definition) is 3. The summed E-state index contributed by atoms with van der Waals surface area (Å²) in [7, 11) is -3.87. The zero-order valence-corrected chi connectivity index (χ0v) is 12.8. The lowest BCUT2D eigenvalue weighted by molar-refractivity contribution is -0.0574. The Balaban J connectivity index is 2.01. The van der Waals surface area contributed by atoms with E-state index < -0.39 is 22.1 Å². The summed E-state index contributed by atoms with van der Waals surface area (Å²) < 4.78 is 55.4. The molecule has 1 aromatic carbocycles. The third-order valence-electron chi connectivity index (χ3n) is 3.68. The Bertz CT molecular complexity index is 557. The third kappa shape index (κ3) is 4.48. The smallest absolute Gasteiger partial charge is 0.263 e. The molecular formula is C15H20F2O3S. The van der Waals surface area contributed by atoms with Crippen LogP contribution in [0, 0.1) is 0 Å². The van der Waals surface area contributed by atoms with Gasteiger partial charge in [0, 0.05) is 12.8 Å². The van der Waals surface area contributed by atoms with Crippen molar-refractivity contribution in [3.8, 4) is 0 Å². The summed E-state index contributed by atoms with van der Waals surface area (Å²) in [6.45, 7) is 2.05. The van der Waals surface area contributed by atoms with E-state index in [1.807, 2.05) is 6.92 Å². The standard InChI is InChI=1S/C15H20F2O3S/c1-2-3-12-4-6-14(7-5-12)21(18,19)20-13-8-10-15(16,17)11-9-13/h4-7,13H,2-3,8-11H2,1H3. The molecular weight excluding hydrogens is 298 g/mol. The Hall–Kier alpha value is -1.01. The number of aryl methyl sites for hydroxylation is 1. The van der Waals surface area contributed by atoms with Crippen LogP contribution >= 0.6 is 0 Å². The van der Waals surface area contributed by atoms with Crippen LogP contribution < -0.4 is 0 Å². The number of alkyl halides is 2. The normalized spacial score (nSPS) is 19.6. The predicted molar refractivity (Wildman–Crippen MR) is 75.9 cm³/mol. The van der Waals surface area contributed by atoms with Crippen molar-refractivity contribution < 1.29 is 21.4 Å². The van der Waals surface area contributed by atoms with Crippen LogP contribution in [-0.2, 0) is 20.7 Å². The van der Waals surface area contributed by atoms with Gasteiger partial charge in [-0.25, -0.2) is 8.78 Å². The van der Waals surface area contributed by atoms with Gasteiger partial charge in [0.15, 0.2) is 0 Å². The van der Waals surface area contributed by atoms with Gasteiger partial charge in [0.2, 0.25) is 5.92 Å². The molecule has 3 nitrogen and oxygen atoms in total. The summed E-state index contributed by atoms with van der Waals surface area (Å²) in [5, 5.41) is 0. The zero-order valence-electron chi connectivity index (χ0n) is 12.0. The SMILES string of the molecule is CCCc1ccc(S(=O)(=O)OC2CCC(F)(F)CC2)cc1. The first-order chi connectivity index (χ1) is 9.82. The molecule has 0 heterocycles. The highest BCUT2D eigenvalue weighted by atomic mass is 32.2. The fourth-order valence-electron chi connectivity index (χ4n) is 2.46. The topological polar surface area (TPSA) is 43.4 Å². The van der Waals surface area contributed by atoms with Gasteiger partial charge in [-0.05, 0) is 37.0 Å². The molecule has 0 aromatic heterocycles. The first kappa shape index (κ1) is 16.4. The highest BCUT2D eigenvalue weighted by molar-refractivity contribution is 7.86. The minimum Gasteiger partial charge on any atom is -0.263 e. The molecule has 2 rings (SSSR count). The minimum absolute atomic E-state index is 0.0696. The maximum atomic E-state index is 13.0. The molecule has 0 amide bonds. The Labute approximate surface area is 124 Å². The molecule has 1 aliphatic carbocycles. The van der Waals surface area contributed by atoms with E-state index in [-0.39, 0.29) is 30.6 Å². The van der Waals surface area contributed by atoms with Gasteiger partial charge in [-0.15, -0.1) is 0 Å². The van der Waals surface area contributed by atoms with Crippen molar-refractivity contribution in [3.05, 3.63) is 29.8 Å². The molecule has 118 valence electrons. The van der Waals surface area contributed by atoms with Crippen molar-refractivity contribution in [2.75, 3.05) is 0 Å². The van der Waals surface area contributed by atoms with Crippen molar-refractivity contribution in [1.82, 2.24) is 0 Å². The van der Waals surface area contributed by atoms with E-state index in [1.54, 1.807) is 12.1 Å². The fraction of sp³-hybridized carbons (Fsp3) is 0.600. The van der Waals surface area contributed by atoms with E-state index in [2.05, 4.69) is 0 Å². The van der Waals surface area contributed by atoms with Gasteiger partial charge in [-0.3, -0.25) is 4.18 Å². The molecule has 6 heteroatoms. The second kappa shape index (κ2) is 6.40. The molecule has 1 aromatic rings. The number of rotatable bonds is 5. The van der Waals surface area contributed by atoms with E-state index in [9.17, 15) is 17.2 Å². The van der Waals surface area contributed by atoms with Gasteiger partial charge in [-0.2, -0.15) is 8.42 Å². The quantitative estimate of drug-likeness (QED) is 0.773. The predicted octanol–water partition coefficient (Wildman–Crippen LogP) is 3.92. The fourth-order valence-corrected chi connectivity index (χ4v) is 3.59.